The summed E-state index contributed by atoms with van der Waals surface area (Å²) in [5.74, 6) is 0.212. The van der Waals surface area contributed by atoms with E-state index in [-0.39, 0.29) is 10.6 Å². The normalized spacial score (nSPS) is 10.9. The second-order valence-electron chi connectivity index (χ2n) is 5.69. The lowest BCUT2D eigenvalue weighted by atomic mass is 10.2. The van der Waals surface area contributed by atoms with E-state index in [0.717, 1.165) is 12.8 Å². The van der Waals surface area contributed by atoms with Gasteiger partial charge in [0, 0.05) is 11.8 Å². The van der Waals surface area contributed by atoms with Crippen LogP contribution in [0.3, 0.4) is 0 Å². The summed E-state index contributed by atoms with van der Waals surface area (Å²) in [5.41, 5.74) is 0.675. The van der Waals surface area contributed by atoms with E-state index in [1.165, 1.54) is 56.7 Å². The molecule has 0 saturated heterocycles. The Morgan fingerprint density at radius 3 is 2.33 bits per heavy atom. The lowest BCUT2D eigenvalue weighted by molar-refractivity contribution is 0.0500. The highest BCUT2D eigenvalue weighted by Crippen LogP contribution is 2.29. The van der Waals surface area contributed by atoms with Crippen molar-refractivity contribution in [3.05, 3.63) is 48.0 Å². The predicted octanol–water partition coefficient (Wildman–Crippen LogP) is 3.46. The number of sulfonamides is 1. The van der Waals surface area contributed by atoms with E-state index in [1.54, 1.807) is 0 Å². The molecule has 0 aromatic heterocycles. The molecule has 0 saturated carbocycles. The average Bonchev–Trinajstić information content (AvgIpc) is 2.67. The molecule has 0 amide bonds. The number of benzene rings is 2. The van der Waals surface area contributed by atoms with Crippen molar-refractivity contribution in [2.75, 3.05) is 25.5 Å². The Labute approximate surface area is 159 Å². The molecule has 0 atom stereocenters. The zero-order valence-corrected chi connectivity index (χ0v) is 16.3. The maximum atomic E-state index is 12.7. The number of esters is 1. The Bertz CT molecular complexity index is 878. The summed E-state index contributed by atoms with van der Waals surface area (Å²) < 4.78 is 43.1. The van der Waals surface area contributed by atoms with Crippen LogP contribution in [-0.2, 0) is 14.8 Å². The topological polar surface area (TPSA) is 90.9 Å². The second kappa shape index (κ2) is 9.27. The first-order chi connectivity index (χ1) is 12.9. The van der Waals surface area contributed by atoms with Crippen molar-refractivity contribution in [3.63, 3.8) is 0 Å². The number of nitrogens with one attached hydrogen (secondary N) is 1. The van der Waals surface area contributed by atoms with Gasteiger partial charge >= 0.3 is 5.97 Å². The minimum absolute atomic E-state index is 0.0196. The van der Waals surface area contributed by atoms with Gasteiger partial charge in [-0.2, -0.15) is 0 Å². The second-order valence-corrected chi connectivity index (χ2v) is 7.34. The van der Waals surface area contributed by atoms with Gasteiger partial charge in [0.25, 0.3) is 10.0 Å². The summed E-state index contributed by atoms with van der Waals surface area (Å²) in [6.07, 6.45) is 1.73. The molecule has 0 fully saturated rings. The van der Waals surface area contributed by atoms with Crippen LogP contribution in [0.15, 0.2) is 47.4 Å². The zero-order chi connectivity index (χ0) is 19.9. The highest BCUT2D eigenvalue weighted by Gasteiger charge is 2.20. The summed E-state index contributed by atoms with van der Waals surface area (Å²) in [6, 6.07) is 10.5. The summed E-state index contributed by atoms with van der Waals surface area (Å²) in [6.45, 7) is 2.37. The molecular weight excluding hydrogens is 370 g/mol. The van der Waals surface area contributed by atoms with E-state index < -0.39 is 16.0 Å². The van der Waals surface area contributed by atoms with Crippen molar-refractivity contribution < 1.29 is 27.4 Å². The number of anilines is 1. The van der Waals surface area contributed by atoms with E-state index in [4.69, 9.17) is 14.2 Å². The number of carbonyl (C=O) groups is 1. The third-order valence-corrected chi connectivity index (χ3v) is 5.18. The molecule has 0 unspecified atom stereocenters. The standard InChI is InChI=1S/C19H23NO6S/c1-4-5-12-26-19(21)14-6-8-15(9-7-14)20-27(22,23)18-11-10-16(24-2)13-17(18)25-3/h6-11,13,20H,4-5,12H2,1-3H3. The SMILES string of the molecule is CCCCOC(=O)c1ccc(NS(=O)(=O)c2ccc(OC)cc2OC)cc1. The van der Waals surface area contributed by atoms with Crippen LogP contribution in [0.25, 0.3) is 0 Å². The van der Waals surface area contributed by atoms with Crippen molar-refractivity contribution in [3.8, 4) is 11.5 Å². The number of ether oxygens (including phenoxy) is 3. The fraction of sp³-hybridized carbons (Fsp3) is 0.316. The minimum Gasteiger partial charge on any atom is -0.497 e. The van der Waals surface area contributed by atoms with Gasteiger partial charge < -0.3 is 14.2 Å². The van der Waals surface area contributed by atoms with Crippen LogP contribution >= 0.6 is 0 Å². The molecule has 0 bridgehead atoms. The summed E-state index contributed by atoms with van der Waals surface area (Å²) in [4.78, 5) is 11.9. The fourth-order valence-electron chi connectivity index (χ4n) is 2.27. The van der Waals surface area contributed by atoms with Crippen LogP contribution in [0.2, 0.25) is 0 Å². The fourth-order valence-corrected chi connectivity index (χ4v) is 3.48. The number of unbranched alkanes of at least 4 members (excludes halogenated alkanes) is 1. The molecule has 27 heavy (non-hydrogen) atoms. The van der Waals surface area contributed by atoms with Crippen LogP contribution < -0.4 is 14.2 Å². The molecule has 0 radical (unpaired) electrons. The minimum atomic E-state index is -3.88. The monoisotopic (exact) mass is 393 g/mol. The van der Waals surface area contributed by atoms with Gasteiger partial charge in [-0.05, 0) is 42.8 Å². The van der Waals surface area contributed by atoms with Crippen LogP contribution in [-0.4, -0.2) is 35.2 Å². The van der Waals surface area contributed by atoms with E-state index in [1.807, 2.05) is 6.92 Å². The number of rotatable bonds is 9. The van der Waals surface area contributed by atoms with E-state index in [2.05, 4.69) is 4.72 Å². The molecule has 0 aliphatic carbocycles. The summed E-state index contributed by atoms with van der Waals surface area (Å²) >= 11 is 0. The Balaban J connectivity index is 2.15. The third-order valence-electron chi connectivity index (χ3n) is 3.76. The molecule has 8 heteroatoms. The third kappa shape index (κ3) is 5.37. The van der Waals surface area contributed by atoms with Crippen LogP contribution in [0.4, 0.5) is 5.69 Å². The van der Waals surface area contributed by atoms with Crippen molar-refractivity contribution >= 4 is 21.7 Å². The first-order valence-electron chi connectivity index (χ1n) is 8.43. The number of hydrogen-bond donors (Lipinski definition) is 1. The van der Waals surface area contributed by atoms with Gasteiger partial charge in [-0.1, -0.05) is 13.3 Å². The molecule has 0 spiro atoms. The highest BCUT2D eigenvalue weighted by atomic mass is 32.2. The molecule has 7 nitrogen and oxygen atoms in total. The van der Waals surface area contributed by atoms with E-state index >= 15 is 0 Å². The average molecular weight is 393 g/mol. The molecule has 2 rings (SSSR count). The largest absolute Gasteiger partial charge is 0.497 e. The maximum Gasteiger partial charge on any atom is 0.338 e. The predicted molar refractivity (Wildman–Crippen MR) is 102 cm³/mol. The van der Waals surface area contributed by atoms with Crippen molar-refractivity contribution in [2.45, 2.75) is 24.7 Å². The number of carbonyl (C=O) groups excluding carboxylic acids is 1. The lowest BCUT2D eigenvalue weighted by Gasteiger charge is -2.13. The van der Waals surface area contributed by atoms with Gasteiger partial charge in [0.1, 0.15) is 16.4 Å². The van der Waals surface area contributed by atoms with Crippen molar-refractivity contribution in [2.24, 2.45) is 0 Å². The van der Waals surface area contributed by atoms with Crippen LogP contribution in [0, 0.1) is 0 Å². The zero-order valence-electron chi connectivity index (χ0n) is 15.5. The van der Waals surface area contributed by atoms with Gasteiger partial charge in [0.05, 0.1) is 26.4 Å². The van der Waals surface area contributed by atoms with Gasteiger partial charge in [0.15, 0.2) is 0 Å². The molecule has 2 aromatic rings. The smallest absolute Gasteiger partial charge is 0.338 e. The molecule has 1 N–H and O–H groups in total. The lowest BCUT2D eigenvalue weighted by Crippen LogP contribution is -2.14. The molecule has 146 valence electrons. The van der Waals surface area contributed by atoms with Gasteiger partial charge in [-0.25, -0.2) is 13.2 Å². The van der Waals surface area contributed by atoms with Gasteiger partial charge in [0.2, 0.25) is 0 Å². The van der Waals surface area contributed by atoms with Crippen molar-refractivity contribution in [1.82, 2.24) is 0 Å². The number of methoxy groups -OCH3 is 2. The quantitative estimate of drug-likeness (QED) is 0.518. The first kappa shape index (κ1) is 20.6. The van der Waals surface area contributed by atoms with Crippen LogP contribution in [0.5, 0.6) is 11.5 Å². The van der Waals surface area contributed by atoms with Crippen LogP contribution in [0.1, 0.15) is 30.1 Å². The summed E-state index contributed by atoms with van der Waals surface area (Å²) in [5, 5.41) is 0. The van der Waals surface area contributed by atoms with Crippen molar-refractivity contribution in [1.29, 1.82) is 0 Å². The molecular formula is C19H23NO6S. The molecule has 0 aliphatic rings. The summed E-state index contributed by atoms with van der Waals surface area (Å²) in [7, 11) is -1.01. The molecule has 0 aliphatic heterocycles. The maximum absolute atomic E-state index is 12.7. The van der Waals surface area contributed by atoms with E-state index in [9.17, 15) is 13.2 Å². The highest BCUT2D eigenvalue weighted by molar-refractivity contribution is 7.92. The number of hydrogen-bond acceptors (Lipinski definition) is 6. The Hall–Kier alpha value is -2.74. The molecule has 0 heterocycles. The Morgan fingerprint density at radius 2 is 1.74 bits per heavy atom. The first-order valence-corrected chi connectivity index (χ1v) is 9.91. The van der Waals surface area contributed by atoms with Gasteiger partial charge in [-0.3, -0.25) is 4.72 Å². The van der Waals surface area contributed by atoms with Gasteiger partial charge in [-0.15, -0.1) is 0 Å². The molecule has 2 aromatic carbocycles. The Morgan fingerprint density at radius 1 is 1.04 bits per heavy atom. The van der Waals surface area contributed by atoms with E-state index in [0.29, 0.717) is 23.6 Å². The Kier molecular flexibility index (Phi) is 7.06.